The number of halogens is 2. The van der Waals surface area contributed by atoms with Crippen LogP contribution in [0, 0.1) is 0 Å². The van der Waals surface area contributed by atoms with Crippen molar-refractivity contribution in [2.75, 3.05) is 27.2 Å². The van der Waals surface area contributed by atoms with Crippen LogP contribution in [-0.4, -0.2) is 69.8 Å². The molecule has 0 spiro atoms. The number of fused-ring (bicyclic) bond motifs is 1. The minimum absolute atomic E-state index is 0.152. The Morgan fingerprint density at radius 2 is 1.78 bits per heavy atom. The number of aldehydes is 1. The lowest BCUT2D eigenvalue weighted by atomic mass is 9.99. The van der Waals surface area contributed by atoms with Gasteiger partial charge in [0, 0.05) is 79.7 Å². The van der Waals surface area contributed by atoms with E-state index in [-0.39, 0.29) is 5.91 Å². The fraction of sp³-hybridized carbons (Fsp3) is 0.278. The van der Waals surface area contributed by atoms with E-state index in [0.29, 0.717) is 33.1 Å². The maximum atomic E-state index is 11.8. The number of ether oxygens (including phenoxy) is 1. The SMILES string of the molecule is COc1cc(-c2nccc(-c3cccc(-c4ccc5c(CN(C)C6CCN(C(C)=O)CC6)cn(C)c5n4)c3Cl)c2Cl)ccc1C=O. The van der Waals surface area contributed by atoms with E-state index in [2.05, 4.69) is 33.8 Å². The summed E-state index contributed by atoms with van der Waals surface area (Å²) in [6.07, 6.45) is 6.54. The highest BCUT2D eigenvalue weighted by Crippen LogP contribution is 2.42. The molecular formula is C36H35Cl2N5O3. The molecule has 4 heterocycles. The average Bonchev–Trinajstić information content (AvgIpc) is 3.38. The Kier molecular flexibility index (Phi) is 9.13. The number of carbonyl (C=O) groups excluding carboxylic acids is 2. The first-order valence-electron chi connectivity index (χ1n) is 15.2. The van der Waals surface area contributed by atoms with E-state index in [1.54, 1.807) is 31.3 Å². The molecule has 10 heteroatoms. The normalized spacial score (nSPS) is 13.8. The first kappa shape index (κ1) is 31.7. The molecule has 46 heavy (non-hydrogen) atoms. The van der Waals surface area contributed by atoms with E-state index >= 15 is 0 Å². The predicted octanol–water partition coefficient (Wildman–Crippen LogP) is 7.54. The quantitative estimate of drug-likeness (QED) is 0.161. The summed E-state index contributed by atoms with van der Waals surface area (Å²) < 4.78 is 7.45. The van der Waals surface area contributed by atoms with E-state index in [4.69, 9.17) is 32.9 Å². The standard InChI is InChI=1S/C36H35Cl2N5O3/c1-22(45)43-16-13-26(14-17-43)41(2)19-25-20-42(3)36-27(25)10-11-31(40-36)30-7-5-6-28(33(30)37)29-12-15-39-35(34(29)38)23-8-9-24(21-44)32(18-23)46-4/h5-12,15,18,20-21,26H,13-14,16-17,19H2,1-4H3. The van der Waals surface area contributed by atoms with Crippen molar-refractivity contribution in [2.45, 2.75) is 32.4 Å². The molecule has 0 unspecified atom stereocenters. The highest BCUT2D eigenvalue weighted by atomic mass is 35.5. The molecule has 8 nitrogen and oxygen atoms in total. The summed E-state index contributed by atoms with van der Waals surface area (Å²) >= 11 is 14.1. The number of hydrogen-bond acceptors (Lipinski definition) is 6. The van der Waals surface area contributed by atoms with Gasteiger partial charge in [-0.15, -0.1) is 0 Å². The Morgan fingerprint density at radius 1 is 1.04 bits per heavy atom. The second-order valence-corrected chi connectivity index (χ2v) is 12.5. The first-order chi connectivity index (χ1) is 22.2. The number of likely N-dealkylation sites (tertiary alicyclic amines) is 1. The van der Waals surface area contributed by atoms with Crippen molar-refractivity contribution in [1.29, 1.82) is 0 Å². The number of aromatic nitrogens is 3. The minimum atomic E-state index is 0.152. The summed E-state index contributed by atoms with van der Waals surface area (Å²) in [5.41, 5.74) is 6.87. The second-order valence-electron chi connectivity index (χ2n) is 11.7. The molecular weight excluding hydrogens is 621 g/mol. The molecule has 1 aliphatic heterocycles. The molecule has 0 atom stereocenters. The number of benzene rings is 2. The van der Waals surface area contributed by atoms with Gasteiger partial charge < -0.3 is 14.2 Å². The van der Waals surface area contributed by atoms with Crippen LogP contribution in [0.3, 0.4) is 0 Å². The van der Waals surface area contributed by atoms with Gasteiger partial charge in [0.05, 0.1) is 34.1 Å². The summed E-state index contributed by atoms with van der Waals surface area (Å²) in [4.78, 5) is 37.1. The van der Waals surface area contributed by atoms with E-state index < -0.39 is 0 Å². The number of rotatable bonds is 8. The Labute approximate surface area is 278 Å². The summed E-state index contributed by atoms with van der Waals surface area (Å²) in [5, 5.41) is 2.08. The second kappa shape index (κ2) is 13.2. The lowest BCUT2D eigenvalue weighted by Gasteiger charge is -2.36. The number of piperidine rings is 1. The van der Waals surface area contributed by atoms with Gasteiger partial charge in [0.15, 0.2) is 6.29 Å². The minimum Gasteiger partial charge on any atom is -0.496 e. The predicted molar refractivity (Wildman–Crippen MR) is 184 cm³/mol. The molecule has 1 aliphatic rings. The lowest BCUT2D eigenvalue weighted by Crippen LogP contribution is -2.44. The van der Waals surface area contributed by atoms with Gasteiger partial charge in [-0.05, 0) is 55.8 Å². The van der Waals surface area contributed by atoms with E-state index in [1.165, 1.54) is 12.7 Å². The van der Waals surface area contributed by atoms with Crippen LogP contribution in [0.5, 0.6) is 5.75 Å². The van der Waals surface area contributed by atoms with Crippen molar-refractivity contribution in [2.24, 2.45) is 7.05 Å². The van der Waals surface area contributed by atoms with Crippen molar-refractivity contribution < 1.29 is 14.3 Å². The van der Waals surface area contributed by atoms with Crippen LogP contribution in [-0.2, 0) is 18.4 Å². The molecule has 0 radical (unpaired) electrons. The summed E-state index contributed by atoms with van der Waals surface area (Å²) in [6, 6.07) is 17.5. The number of nitrogens with zero attached hydrogens (tertiary/aromatic N) is 5. The summed E-state index contributed by atoms with van der Waals surface area (Å²) in [5.74, 6) is 0.599. The lowest BCUT2D eigenvalue weighted by molar-refractivity contribution is -0.130. The van der Waals surface area contributed by atoms with Crippen molar-refractivity contribution >= 4 is 46.4 Å². The Bertz CT molecular complexity index is 1950. The Morgan fingerprint density at radius 3 is 2.50 bits per heavy atom. The number of hydrogen-bond donors (Lipinski definition) is 0. The molecule has 6 rings (SSSR count). The smallest absolute Gasteiger partial charge is 0.219 e. The van der Waals surface area contributed by atoms with Crippen molar-refractivity contribution in [3.05, 3.63) is 88.2 Å². The van der Waals surface area contributed by atoms with Crippen molar-refractivity contribution in [3.8, 4) is 39.4 Å². The molecule has 0 saturated carbocycles. The maximum absolute atomic E-state index is 11.8. The fourth-order valence-corrected chi connectivity index (χ4v) is 7.02. The number of aryl methyl sites for hydroxylation is 1. The largest absolute Gasteiger partial charge is 0.496 e. The van der Waals surface area contributed by atoms with E-state index in [0.717, 1.165) is 77.7 Å². The number of pyridine rings is 2. The zero-order valence-corrected chi connectivity index (χ0v) is 27.8. The van der Waals surface area contributed by atoms with Gasteiger partial charge in [0.1, 0.15) is 11.4 Å². The van der Waals surface area contributed by atoms with Gasteiger partial charge in [-0.3, -0.25) is 19.5 Å². The van der Waals surface area contributed by atoms with Gasteiger partial charge in [0.25, 0.3) is 0 Å². The van der Waals surface area contributed by atoms with Crippen molar-refractivity contribution in [3.63, 3.8) is 0 Å². The van der Waals surface area contributed by atoms with Gasteiger partial charge in [-0.2, -0.15) is 0 Å². The van der Waals surface area contributed by atoms with Crippen LogP contribution in [0.15, 0.2) is 67.0 Å². The third-order valence-corrected chi connectivity index (χ3v) is 9.74. The summed E-state index contributed by atoms with van der Waals surface area (Å²) in [6.45, 7) is 4.05. The van der Waals surface area contributed by atoms with Crippen LogP contribution in [0.4, 0.5) is 0 Å². The molecule has 2 aromatic carbocycles. The van der Waals surface area contributed by atoms with Gasteiger partial charge in [-0.25, -0.2) is 4.98 Å². The van der Waals surface area contributed by atoms with Crippen LogP contribution < -0.4 is 4.74 Å². The molecule has 0 N–H and O–H groups in total. The fourth-order valence-electron chi connectivity index (χ4n) is 6.37. The molecule has 1 amide bonds. The van der Waals surface area contributed by atoms with Gasteiger partial charge >= 0.3 is 0 Å². The van der Waals surface area contributed by atoms with Gasteiger partial charge in [-0.1, -0.05) is 47.5 Å². The molecule has 236 valence electrons. The molecule has 1 fully saturated rings. The zero-order chi connectivity index (χ0) is 32.5. The molecule has 0 aliphatic carbocycles. The third kappa shape index (κ3) is 6.00. The van der Waals surface area contributed by atoms with Crippen LogP contribution in [0.2, 0.25) is 10.0 Å². The highest BCUT2D eigenvalue weighted by Gasteiger charge is 2.25. The monoisotopic (exact) mass is 655 g/mol. The van der Waals surface area contributed by atoms with Gasteiger partial charge in [0.2, 0.25) is 5.91 Å². The Balaban J connectivity index is 1.29. The van der Waals surface area contributed by atoms with E-state index in [9.17, 15) is 9.59 Å². The van der Waals surface area contributed by atoms with Crippen molar-refractivity contribution in [1.82, 2.24) is 24.3 Å². The van der Waals surface area contributed by atoms with E-state index in [1.807, 2.05) is 42.3 Å². The topological polar surface area (TPSA) is 80.6 Å². The number of amides is 1. The molecule has 0 bridgehead atoms. The Hall–Kier alpha value is -4.24. The van der Waals surface area contributed by atoms with Crippen LogP contribution in [0.1, 0.15) is 35.7 Å². The zero-order valence-electron chi connectivity index (χ0n) is 26.3. The number of methoxy groups -OCH3 is 1. The maximum Gasteiger partial charge on any atom is 0.219 e. The summed E-state index contributed by atoms with van der Waals surface area (Å²) in [7, 11) is 5.69. The molecule has 1 saturated heterocycles. The number of carbonyl (C=O) groups is 2. The first-order valence-corrected chi connectivity index (χ1v) is 15.9. The molecule has 5 aromatic rings. The highest BCUT2D eigenvalue weighted by molar-refractivity contribution is 6.39. The molecule has 3 aromatic heterocycles. The van der Waals surface area contributed by atoms with Crippen LogP contribution >= 0.6 is 23.2 Å². The third-order valence-electron chi connectivity index (χ3n) is 8.95. The van der Waals surface area contributed by atoms with Crippen LogP contribution in [0.25, 0.3) is 44.7 Å². The average molecular weight is 657 g/mol.